The zero-order valence-electron chi connectivity index (χ0n) is 12.4. The Morgan fingerprint density at radius 3 is 2.37 bits per heavy atom. The molecule has 5 heteroatoms. The minimum absolute atomic E-state index is 0.0126. The van der Waals surface area contributed by atoms with Crippen molar-refractivity contribution in [2.45, 2.75) is 53.0 Å². The van der Waals surface area contributed by atoms with Crippen molar-refractivity contribution in [2.24, 2.45) is 11.3 Å². The van der Waals surface area contributed by atoms with E-state index < -0.39 is 5.97 Å². The number of carboxylic acids is 1. The Labute approximate surface area is 115 Å². The second-order valence-corrected chi connectivity index (χ2v) is 6.52. The summed E-state index contributed by atoms with van der Waals surface area (Å²) in [7, 11) is 0. The van der Waals surface area contributed by atoms with Crippen LogP contribution in [-0.2, 0) is 4.79 Å². The topological polar surface area (TPSA) is 69.6 Å². The highest BCUT2D eigenvalue weighted by Crippen LogP contribution is 2.27. The second-order valence-electron chi connectivity index (χ2n) is 6.52. The molecule has 2 N–H and O–H groups in total. The average molecular weight is 270 g/mol. The summed E-state index contributed by atoms with van der Waals surface area (Å²) in [6, 6.07) is 0.115. The van der Waals surface area contributed by atoms with Crippen LogP contribution in [0.4, 0.5) is 4.79 Å². The van der Waals surface area contributed by atoms with Crippen LogP contribution >= 0.6 is 0 Å². The number of aliphatic carboxylic acids is 1. The highest BCUT2D eigenvalue weighted by Gasteiger charge is 2.33. The van der Waals surface area contributed by atoms with Gasteiger partial charge in [0.2, 0.25) is 0 Å². The van der Waals surface area contributed by atoms with Crippen molar-refractivity contribution in [1.29, 1.82) is 0 Å². The van der Waals surface area contributed by atoms with Gasteiger partial charge in [0.25, 0.3) is 0 Å². The first-order chi connectivity index (χ1) is 8.71. The predicted octanol–water partition coefficient (Wildman–Crippen LogP) is 2.32. The van der Waals surface area contributed by atoms with E-state index in [9.17, 15) is 9.59 Å². The number of carbonyl (C=O) groups is 2. The molecule has 5 nitrogen and oxygen atoms in total. The number of carbonyl (C=O) groups excluding carboxylic acids is 1. The smallest absolute Gasteiger partial charge is 0.317 e. The van der Waals surface area contributed by atoms with E-state index >= 15 is 0 Å². The molecule has 1 rings (SSSR count). The largest absolute Gasteiger partial charge is 0.481 e. The van der Waals surface area contributed by atoms with Crippen molar-refractivity contribution < 1.29 is 14.7 Å². The third kappa shape index (κ3) is 5.49. The minimum Gasteiger partial charge on any atom is -0.481 e. The third-order valence-corrected chi connectivity index (χ3v) is 3.85. The van der Waals surface area contributed by atoms with Gasteiger partial charge in [-0.15, -0.1) is 0 Å². The molecule has 0 heterocycles. The van der Waals surface area contributed by atoms with Gasteiger partial charge >= 0.3 is 12.0 Å². The molecule has 1 unspecified atom stereocenters. The van der Waals surface area contributed by atoms with E-state index in [2.05, 4.69) is 33.0 Å². The van der Waals surface area contributed by atoms with Crippen LogP contribution in [0.3, 0.4) is 0 Å². The van der Waals surface area contributed by atoms with Gasteiger partial charge in [-0.25, -0.2) is 4.79 Å². The Balaban J connectivity index is 2.42. The molecular formula is C14H26N2O3. The quantitative estimate of drug-likeness (QED) is 0.778. The number of hydrogen-bond acceptors (Lipinski definition) is 2. The summed E-state index contributed by atoms with van der Waals surface area (Å²) in [5.74, 6) is -0.488. The number of hydrogen-bond donors (Lipinski definition) is 2. The van der Waals surface area contributed by atoms with Gasteiger partial charge in [-0.3, -0.25) is 4.79 Å². The van der Waals surface area contributed by atoms with Crippen LogP contribution in [0.1, 0.15) is 47.0 Å². The van der Waals surface area contributed by atoms with E-state index in [4.69, 9.17) is 5.11 Å². The van der Waals surface area contributed by atoms with Crippen LogP contribution in [0.2, 0.25) is 0 Å². The van der Waals surface area contributed by atoms with Gasteiger partial charge in [0.15, 0.2) is 0 Å². The molecule has 110 valence electrons. The molecule has 0 aromatic heterocycles. The average Bonchev–Trinajstić information content (AvgIpc) is 3.08. The van der Waals surface area contributed by atoms with Gasteiger partial charge in [0.05, 0.1) is 6.42 Å². The molecule has 1 atom stereocenters. The standard InChI is InChI=1S/C14H26N2O3/c1-10(14(2,3)4)9-15-13(19)16(11-5-6-11)8-7-12(17)18/h10-11H,5-9H2,1-4H3,(H,15,19)(H,17,18). The van der Waals surface area contributed by atoms with Crippen molar-refractivity contribution in [2.75, 3.05) is 13.1 Å². The normalized spacial score (nSPS) is 16.8. The molecule has 2 amide bonds. The van der Waals surface area contributed by atoms with Crippen molar-refractivity contribution in [3.8, 4) is 0 Å². The van der Waals surface area contributed by atoms with Crippen molar-refractivity contribution in [3.05, 3.63) is 0 Å². The third-order valence-electron chi connectivity index (χ3n) is 3.85. The lowest BCUT2D eigenvalue weighted by atomic mass is 9.82. The van der Waals surface area contributed by atoms with E-state index in [0.717, 1.165) is 12.8 Å². The number of urea groups is 1. The van der Waals surface area contributed by atoms with E-state index in [0.29, 0.717) is 19.0 Å². The molecule has 0 bridgehead atoms. The summed E-state index contributed by atoms with van der Waals surface area (Å²) in [6.07, 6.45) is 1.99. The van der Waals surface area contributed by atoms with Crippen molar-refractivity contribution in [3.63, 3.8) is 0 Å². The first-order valence-electron chi connectivity index (χ1n) is 6.98. The van der Waals surface area contributed by atoms with Crippen LogP contribution in [-0.4, -0.2) is 41.1 Å². The monoisotopic (exact) mass is 270 g/mol. The summed E-state index contributed by atoms with van der Waals surface area (Å²) in [5.41, 5.74) is 0.152. The summed E-state index contributed by atoms with van der Waals surface area (Å²) in [6.45, 7) is 9.47. The Morgan fingerprint density at radius 2 is 1.95 bits per heavy atom. The van der Waals surface area contributed by atoms with Gasteiger partial charge in [-0.05, 0) is 24.2 Å². The maximum atomic E-state index is 12.1. The second kappa shape index (κ2) is 6.26. The Hall–Kier alpha value is -1.26. The van der Waals surface area contributed by atoms with Crippen LogP contribution in [0, 0.1) is 11.3 Å². The molecule has 1 fully saturated rings. The van der Waals surface area contributed by atoms with Crippen LogP contribution in [0.5, 0.6) is 0 Å². The number of rotatable bonds is 6. The molecule has 0 radical (unpaired) electrons. The zero-order valence-corrected chi connectivity index (χ0v) is 12.4. The molecule has 0 saturated heterocycles. The van der Waals surface area contributed by atoms with Crippen molar-refractivity contribution >= 4 is 12.0 Å². The molecule has 0 aliphatic heterocycles. The van der Waals surface area contributed by atoms with E-state index in [-0.39, 0.29) is 23.9 Å². The lowest BCUT2D eigenvalue weighted by Crippen LogP contribution is -2.45. The fourth-order valence-electron chi connectivity index (χ4n) is 1.70. The van der Waals surface area contributed by atoms with Crippen LogP contribution in [0.25, 0.3) is 0 Å². The lowest BCUT2D eigenvalue weighted by Gasteiger charge is -2.29. The summed E-state index contributed by atoms with van der Waals surface area (Å²) >= 11 is 0. The van der Waals surface area contributed by atoms with Gasteiger partial charge in [-0.2, -0.15) is 0 Å². The molecule has 0 spiro atoms. The molecule has 1 aliphatic rings. The zero-order chi connectivity index (χ0) is 14.6. The molecule has 19 heavy (non-hydrogen) atoms. The molecule has 1 saturated carbocycles. The fourth-order valence-corrected chi connectivity index (χ4v) is 1.70. The number of nitrogens with one attached hydrogen (secondary N) is 1. The first-order valence-corrected chi connectivity index (χ1v) is 6.98. The Kier molecular flexibility index (Phi) is 5.20. The molecule has 1 aliphatic carbocycles. The van der Waals surface area contributed by atoms with Gasteiger partial charge in [-0.1, -0.05) is 27.7 Å². The molecule has 0 aromatic rings. The van der Waals surface area contributed by atoms with Crippen LogP contribution in [0.15, 0.2) is 0 Å². The van der Waals surface area contributed by atoms with Gasteiger partial charge in [0, 0.05) is 19.1 Å². The van der Waals surface area contributed by atoms with Gasteiger partial charge < -0.3 is 15.3 Å². The summed E-state index contributed by atoms with van der Waals surface area (Å²) in [5, 5.41) is 11.6. The lowest BCUT2D eigenvalue weighted by molar-refractivity contribution is -0.137. The SMILES string of the molecule is CC(CNC(=O)N(CCC(=O)O)C1CC1)C(C)(C)C. The van der Waals surface area contributed by atoms with Crippen molar-refractivity contribution in [1.82, 2.24) is 10.2 Å². The number of nitrogens with zero attached hydrogens (tertiary/aromatic N) is 1. The molecule has 0 aromatic carbocycles. The Bertz CT molecular complexity index is 332. The summed E-state index contributed by atoms with van der Waals surface area (Å²) in [4.78, 5) is 24.4. The number of carboxylic acid groups (broad SMARTS) is 1. The summed E-state index contributed by atoms with van der Waals surface area (Å²) < 4.78 is 0. The van der Waals surface area contributed by atoms with Crippen LogP contribution < -0.4 is 5.32 Å². The first kappa shape index (κ1) is 15.8. The van der Waals surface area contributed by atoms with Gasteiger partial charge in [0.1, 0.15) is 0 Å². The highest BCUT2D eigenvalue weighted by atomic mass is 16.4. The maximum Gasteiger partial charge on any atom is 0.317 e. The maximum absolute atomic E-state index is 12.1. The van der Waals surface area contributed by atoms with E-state index in [1.807, 2.05) is 0 Å². The fraction of sp³-hybridized carbons (Fsp3) is 0.857. The minimum atomic E-state index is -0.860. The predicted molar refractivity (Wildman–Crippen MR) is 74.0 cm³/mol. The Morgan fingerprint density at radius 1 is 1.37 bits per heavy atom. The highest BCUT2D eigenvalue weighted by molar-refractivity contribution is 5.76. The van der Waals surface area contributed by atoms with E-state index in [1.54, 1.807) is 4.90 Å². The molecular weight excluding hydrogens is 244 g/mol. The van der Waals surface area contributed by atoms with E-state index in [1.165, 1.54) is 0 Å². The number of amides is 2.